The molecular formula is C25H31N5O3. The van der Waals surface area contributed by atoms with E-state index in [1.807, 2.05) is 49.4 Å². The molecule has 1 amide bonds. The smallest absolute Gasteiger partial charge is 0.227 e. The van der Waals surface area contributed by atoms with Gasteiger partial charge >= 0.3 is 0 Å². The fraction of sp³-hybridized carbons (Fsp3) is 0.400. The van der Waals surface area contributed by atoms with Crippen LogP contribution >= 0.6 is 0 Å². The van der Waals surface area contributed by atoms with Crippen molar-refractivity contribution in [3.63, 3.8) is 0 Å². The molecule has 1 N–H and O–H groups in total. The summed E-state index contributed by atoms with van der Waals surface area (Å²) < 4.78 is 10.8. The number of rotatable bonds is 9. The maximum atomic E-state index is 12.7. The summed E-state index contributed by atoms with van der Waals surface area (Å²) in [6.07, 6.45) is 0.649. The lowest BCUT2D eigenvalue weighted by molar-refractivity contribution is -0.116. The molecule has 0 spiro atoms. The Morgan fingerprint density at radius 1 is 1.06 bits per heavy atom. The molecule has 1 aliphatic rings. The quantitative estimate of drug-likeness (QED) is 0.531. The Hall–Kier alpha value is -3.39. The minimum Gasteiger partial charge on any atom is -0.494 e. The Morgan fingerprint density at radius 2 is 1.82 bits per heavy atom. The zero-order valence-electron chi connectivity index (χ0n) is 19.3. The molecule has 8 heteroatoms. The lowest BCUT2D eigenvalue weighted by atomic mass is 10.2. The van der Waals surface area contributed by atoms with E-state index >= 15 is 0 Å². The predicted molar refractivity (Wildman–Crippen MR) is 129 cm³/mol. The number of para-hydroxylation sites is 2. The number of nitrogens with one attached hydrogen (secondary N) is 1. The molecule has 3 aromatic rings. The third-order valence-electron chi connectivity index (χ3n) is 5.80. The second kappa shape index (κ2) is 11.0. The molecule has 0 atom stereocenters. The molecule has 0 saturated carbocycles. The molecule has 0 radical (unpaired) electrons. The topological polar surface area (TPSA) is 83.7 Å². The van der Waals surface area contributed by atoms with Gasteiger partial charge in [0.25, 0.3) is 0 Å². The molecule has 1 aliphatic heterocycles. The highest BCUT2D eigenvalue weighted by molar-refractivity contribution is 5.94. The predicted octanol–water partition coefficient (Wildman–Crippen LogP) is 3.85. The lowest BCUT2D eigenvalue weighted by Gasteiger charge is -2.36. The summed E-state index contributed by atoms with van der Waals surface area (Å²) in [5, 5.41) is 7.11. The van der Waals surface area contributed by atoms with Crippen molar-refractivity contribution in [2.75, 3.05) is 49.5 Å². The maximum Gasteiger partial charge on any atom is 0.227 e. The number of ether oxygens (including phenoxy) is 1. The molecule has 1 aromatic heterocycles. The van der Waals surface area contributed by atoms with Crippen molar-refractivity contribution in [1.29, 1.82) is 0 Å². The van der Waals surface area contributed by atoms with Crippen LogP contribution in [0.4, 0.5) is 11.4 Å². The summed E-state index contributed by atoms with van der Waals surface area (Å²) in [7, 11) is 0. The lowest BCUT2D eigenvalue weighted by Crippen LogP contribution is -2.46. The standard InChI is InChI=1S/C25H31N5O3/c1-3-29-15-17-30(18-16-29)22-8-6-5-7-21(22)26-23(31)13-14-24-27-25(28-33-24)19-9-11-20(12-10-19)32-4-2/h5-12H,3-4,13-18H2,1-2H3,(H,26,31). The largest absolute Gasteiger partial charge is 0.494 e. The molecule has 33 heavy (non-hydrogen) atoms. The maximum absolute atomic E-state index is 12.7. The summed E-state index contributed by atoms with van der Waals surface area (Å²) in [6.45, 7) is 9.80. The van der Waals surface area contributed by atoms with E-state index in [0.29, 0.717) is 24.7 Å². The van der Waals surface area contributed by atoms with Crippen LogP contribution in [0.5, 0.6) is 5.75 Å². The number of carbonyl (C=O) groups is 1. The van der Waals surface area contributed by atoms with Crippen molar-refractivity contribution in [3.8, 4) is 17.1 Å². The third-order valence-corrected chi connectivity index (χ3v) is 5.80. The molecule has 1 fully saturated rings. The van der Waals surface area contributed by atoms with Crippen LogP contribution in [0, 0.1) is 0 Å². The number of carbonyl (C=O) groups excluding carboxylic acids is 1. The molecule has 2 heterocycles. The van der Waals surface area contributed by atoms with Crippen molar-refractivity contribution >= 4 is 17.3 Å². The Labute approximate surface area is 194 Å². The molecule has 0 bridgehead atoms. The van der Waals surface area contributed by atoms with E-state index in [0.717, 1.165) is 55.4 Å². The molecule has 0 aliphatic carbocycles. The molecule has 1 saturated heterocycles. The van der Waals surface area contributed by atoms with Gasteiger partial charge < -0.3 is 24.4 Å². The molecule has 0 unspecified atom stereocenters. The van der Waals surface area contributed by atoms with Gasteiger partial charge in [-0.15, -0.1) is 0 Å². The van der Waals surface area contributed by atoms with Crippen LogP contribution in [-0.2, 0) is 11.2 Å². The first-order valence-electron chi connectivity index (χ1n) is 11.6. The monoisotopic (exact) mass is 449 g/mol. The number of hydrogen-bond donors (Lipinski definition) is 1. The highest BCUT2D eigenvalue weighted by Gasteiger charge is 2.19. The number of benzene rings is 2. The number of aryl methyl sites for hydroxylation is 1. The summed E-state index contributed by atoms with van der Waals surface area (Å²) in [5.41, 5.74) is 2.75. The summed E-state index contributed by atoms with van der Waals surface area (Å²) in [6, 6.07) is 15.5. The van der Waals surface area contributed by atoms with Crippen LogP contribution in [0.3, 0.4) is 0 Å². The number of hydrogen-bond acceptors (Lipinski definition) is 7. The number of anilines is 2. The van der Waals surface area contributed by atoms with Crippen molar-refractivity contribution < 1.29 is 14.1 Å². The number of amides is 1. The summed E-state index contributed by atoms with van der Waals surface area (Å²) in [5.74, 6) is 1.67. The van der Waals surface area contributed by atoms with Crippen LogP contribution in [0.25, 0.3) is 11.4 Å². The average Bonchev–Trinajstić information content (AvgIpc) is 3.33. The fourth-order valence-electron chi connectivity index (χ4n) is 3.93. The van der Waals surface area contributed by atoms with Gasteiger partial charge in [0.05, 0.1) is 18.0 Å². The van der Waals surface area contributed by atoms with Crippen LogP contribution in [0.1, 0.15) is 26.2 Å². The van der Waals surface area contributed by atoms with Gasteiger partial charge in [-0.05, 0) is 49.9 Å². The fourth-order valence-corrected chi connectivity index (χ4v) is 3.93. The minimum atomic E-state index is -0.0736. The average molecular weight is 450 g/mol. The van der Waals surface area contributed by atoms with E-state index in [1.54, 1.807) is 0 Å². The normalized spacial score (nSPS) is 14.3. The van der Waals surface area contributed by atoms with Crippen molar-refractivity contribution in [2.24, 2.45) is 0 Å². The Kier molecular flexibility index (Phi) is 7.57. The van der Waals surface area contributed by atoms with Gasteiger partial charge in [-0.1, -0.05) is 24.2 Å². The van der Waals surface area contributed by atoms with Crippen LogP contribution < -0.4 is 15.0 Å². The zero-order valence-corrected chi connectivity index (χ0v) is 19.3. The minimum absolute atomic E-state index is 0.0736. The van der Waals surface area contributed by atoms with Crippen LogP contribution in [0.2, 0.25) is 0 Å². The van der Waals surface area contributed by atoms with E-state index < -0.39 is 0 Å². The Bertz CT molecular complexity index is 1040. The summed E-state index contributed by atoms with van der Waals surface area (Å²) in [4.78, 5) is 21.9. The molecular weight excluding hydrogens is 418 g/mol. The van der Waals surface area contributed by atoms with Crippen LogP contribution in [-0.4, -0.2) is 60.3 Å². The van der Waals surface area contributed by atoms with E-state index in [-0.39, 0.29) is 12.3 Å². The van der Waals surface area contributed by atoms with Gasteiger partial charge in [-0.25, -0.2) is 0 Å². The first-order chi connectivity index (χ1) is 16.2. The van der Waals surface area contributed by atoms with Crippen LogP contribution in [0.15, 0.2) is 53.1 Å². The number of likely N-dealkylation sites (N-methyl/N-ethyl adjacent to an activating group) is 1. The highest BCUT2D eigenvalue weighted by Crippen LogP contribution is 2.27. The van der Waals surface area contributed by atoms with E-state index in [4.69, 9.17) is 9.26 Å². The van der Waals surface area contributed by atoms with Gasteiger partial charge in [0.15, 0.2) is 0 Å². The van der Waals surface area contributed by atoms with Gasteiger partial charge in [-0.2, -0.15) is 4.98 Å². The van der Waals surface area contributed by atoms with E-state index in [2.05, 4.69) is 38.2 Å². The molecule has 174 valence electrons. The van der Waals surface area contributed by atoms with Gasteiger partial charge in [0, 0.05) is 44.6 Å². The van der Waals surface area contributed by atoms with Crippen molar-refractivity contribution in [3.05, 3.63) is 54.4 Å². The second-order valence-electron chi connectivity index (χ2n) is 7.96. The van der Waals surface area contributed by atoms with Gasteiger partial charge in [0.1, 0.15) is 5.75 Å². The first-order valence-corrected chi connectivity index (χ1v) is 11.6. The zero-order chi connectivity index (χ0) is 23.0. The molecule has 2 aromatic carbocycles. The van der Waals surface area contributed by atoms with Crippen molar-refractivity contribution in [2.45, 2.75) is 26.7 Å². The Morgan fingerprint density at radius 3 is 2.55 bits per heavy atom. The first kappa shape index (κ1) is 22.8. The van der Waals surface area contributed by atoms with Gasteiger partial charge in [0.2, 0.25) is 17.6 Å². The highest BCUT2D eigenvalue weighted by atomic mass is 16.5. The number of piperazine rings is 1. The SMILES string of the molecule is CCOc1ccc(-c2noc(CCC(=O)Nc3ccccc3N3CCN(CC)CC3)n2)cc1. The Balaban J connectivity index is 1.32. The van der Waals surface area contributed by atoms with Crippen molar-refractivity contribution in [1.82, 2.24) is 15.0 Å². The van der Waals surface area contributed by atoms with E-state index in [9.17, 15) is 4.79 Å². The number of nitrogens with zero attached hydrogens (tertiary/aromatic N) is 4. The number of aromatic nitrogens is 2. The summed E-state index contributed by atoms with van der Waals surface area (Å²) >= 11 is 0. The third kappa shape index (κ3) is 5.90. The van der Waals surface area contributed by atoms with Gasteiger partial charge in [-0.3, -0.25) is 4.79 Å². The second-order valence-corrected chi connectivity index (χ2v) is 7.96. The van der Waals surface area contributed by atoms with E-state index in [1.165, 1.54) is 0 Å². The molecule has 4 rings (SSSR count). The molecule has 8 nitrogen and oxygen atoms in total.